The SMILES string of the molecule is COc1cc(C(=O)O[C@@H]2CCN3CCC[C@H]23)cc(OC)c1OC. The molecule has 0 bridgehead atoms. The lowest BCUT2D eigenvalue weighted by Gasteiger charge is -2.21. The molecule has 0 radical (unpaired) electrons. The van der Waals surface area contributed by atoms with E-state index in [-0.39, 0.29) is 12.1 Å². The monoisotopic (exact) mass is 321 g/mol. The van der Waals surface area contributed by atoms with Gasteiger partial charge in [0, 0.05) is 12.6 Å². The molecule has 126 valence electrons. The number of ether oxygens (including phenoxy) is 4. The van der Waals surface area contributed by atoms with Crippen LogP contribution in [0.15, 0.2) is 12.1 Å². The maximum atomic E-state index is 12.5. The number of hydrogen-bond acceptors (Lipinski definition) is 6. The van der Waals surface area contributed by atoms with E-state index in [0.29, 0.717) is 28.9 Å². The summed E-state index contributed by atoms with van der Waals surface area (Å²) in [6.45, 7) is 2.13. The maximum absolute atomic E-state index is 12.5. The van der Waals surface area contributed by atoms with Crippen molar-refractivity contribution in [3.63, 3.8) is 0 Å². The van der Waals surface area contributed by atoms with Crippen LogP contribution in [0.4, 0.5) is 0 Å². The van der Waals surface area contributed by atoms with Gasteiger partial charge < -0.3 is 18.9 Å². The first-order valence-corrected chi connectivity index (χ1v) is 7.93. The molecule has 2 fully saturated rings. The van der Waals surface area contributed by atoms with Crippen molar-refractivity contribution in [2.45, 2.75) is 31.4 Å². The molecule has 0 N–H and O–H groups in total. The van der Waals surface area contributed by atoms with Gasteiger partial charge in [-0.05, 0) is 37.9 Å². The quantitative estimate of drug-likeness (QED) is 0.774. The van der Waals surface area contributed by atoms with Crippen LogP contribution in [0, 0.1) is 0 Å². The second kappa shape index (κ2) is 6.66. The molecular formula is C17H23NO5. The number of esters is 1. The zero-order valence-electron chi connectivity index (χ0n) is 13.8. The molecule has 2 atom stereocenters. The van der Waals surface area contributed by atoms with E-state index in [0.717, 1.165) is 25.9 Å². The van der Waals surface area contributed by atoms with Crippen molar-refractivity contribution in [1.29, 1.82) is 0 Å². The van der Waals surface area contributed by atoms with Crippen molar-refractivity contribution in [2.24, 2.45) is 0 Å². The number of benzene rings is 1. The summed E-state index contributed by atoms with van der Waals surface area (Å²) in [5.74, 6) is 1.03. The van der Waals surface area contributed by atoms with Gasteiger partial charge >= 0.3 is 5.97 Å². The highest BCUT2D eigenvalue weighted by atomic mass is 16.5. The minimum absolute atomic E-state index is 0.0240. The molecule has 0 amide bonds. The molecule has 2 aliphatic heterocycles. The Labute approximate surface area is 136 Å². The molecule has 6 heteroatoms. The Kier molecular flexibility index (Phi) is 4.61. The summed E-state index contributed by atoms with van der Waals surface area (Å²) in [6.07, 6.45) is 3.17. The zero-order valence-corrected chi connectivity index (χ0v) is 13.8. The third kappa shape index (κ3) is 2.95. The predicted molar refractivity (Wildman–Crippen MR) is 84.5 cm³/mol. The number of methoxy groups -OCH3 is 3. The van der Waals surface area contributed by atoms with E-state index in [1.54, 1.807) is 12.1 Å². The lowest BCUT2D eigenvalue weighted by atomic mass is 10.1. The number of rotatable bonds is 5. The molecule has 1 aromatic rings. The number of hydrogen-bond donors (Lipinski definition) is 0. The fourth-order valence-corrected chi connectivity index (χ4v) is 3.58. The number of carbonyl (C=O) groups is 1. The Morgan fingerprint density at radius 3 is 2.35 bits per heavy atom. The van der Waals surface area contributed by atoms with Crippen molar-refractivity contribution in [1.82, 2.24) is 4.90 Å². The minimum Gasteiger partial charge on any atom is -0.493 e. The second-order valence-corrected chi connectivity index (χ2v) is 5.89. The van der Waals surface area contributed by atoms with Gasteiger partial charge in [0.1, 0.15) is 6.10 Å². The van der Waals surface area contributed by atoms with Crippen molar-refractivity contribution in [3.8, 4) is 17.2 Å². The Bertz CT molecular complexity index is 563. The fraction of sp³-hybridized carbons (Fsp3) is 0.588. The Morgan fingerprint density at radius 2 is 1.74 bits per heavy atom. The van der Waals surface area contributed by atoms with Crippen LogP contribution in [0.3, 0.4) is 0 Å². The largest absolute Gasteiger partial charge is 0.493 e. The second-order valence-electron chi connectivity index (χ2n) is 5.89. The highest BCUT2D eigenvalue weighted by molar-refractivity contribution is 5.91. The van der Waals surface area contributed by atoms with E-state index in [1.165, 1.54) is 27.8 Å². The first-order valence-electron chi connectivity index (χ1n) is 7.93. The summed E-state index contributed by atoms with van der Waals surface area (Å²) < 4.78 is 21.6. The summed E-state index contributed by atoms with van der Waals surface area (Å²) in [6, 6.07) is 3.64. The van der Waals surface area contributed by atoms with Crippen molar-refractivity contribution in [3.05, 3.63) is 17.7 Å². The van der Waals surface area contributed by atoms with Gasteiger partial charge in [-0.2, -0.15) is 0 Å². The van der Waals surface area contributed by atoms with Gasteiger partial charge in [-0.1, -0.05) is 0 Å². The van der Waals surface area contributed by atoms with Crippen LogP contribution in [0.1, 0.15) is 29.6 Å². The molecule has 0 aliphatic carbocycles. The average Bonchev–Trinajstić information content (AvgIpc) is 3.18. The third-order valence-electron chi connectivity index (χ3n) is 4.70. The molecule has 2 saturated heterocycles. The lowest BCUT2D eigenvalue weighted by Crippen LogP contribution is -2.32. The van der Waals surface area contributed by atoms with Crippen LogP contribution in [0.25, 0.3) is 0 Å². The van der Waals surface area contributed by atoms with Gasteiger partial charge in [0.15, 0.2) is 11.5 Å². The highest BCUT2D eigenvalue weighted by Crippen LogP contribution is 2.39. The number of nitrogens with zero attached hydrogens (tertiary/aromatic N) is 1. The van der Waals surface area contributed by atoms with E-state index in [9.17, 15) is 4.79 Å². The first-order chi connectivity index (χ1) is 11.2. The molecule has 0 aromatic heterocycles. The molecular weight excluding hydrogens is 298 g/mol. The molecule has 2 aliphatic rings. The fourth-order valence-electron chi connectivity index (χ4n) is 3.58. The van der Waals surface area contributed by atoms with Gasteiger partial charge in [0.25, 0.3) is 0 Å². The summed E-state index contributed by atoms with van der Waals surface area (Å²) in [5, 5.41) is 0. The summed E-state index contributed by atoms with van der Waals surface area (Å²) >= 11 is 0. The van der Waals surface area contributed by atoms with Crippen molar-refractivity contribution >= 4 is 5.97 Å². The smallest absolute Gasteiger partial charge is 0.338 e. The number of carbonyl (C=O) groups excluding carboxylic acids is 1. The van der Waals surface area contributed by atoms with Crippen molar-refractivity contribution in [2.75, 3.05) is 34.4 Å². The Balaban J connectivity index is 1.79. The van der Waals surface area contributed by atoms with Crippen LogP contribution in [-0.4, -0.2) is 57.4 Å². The maximum Gasteiger partial charge on any atom is 0.338 e. The molecule has 6 nitrogen and oxygen atoms in total. The van der Waals surface area contributed by atoms with Gasteiger partial charge in [-0.15, -0.1) is 0 Å². The van der Waals surface area contributed by atoms with Gasteiger partial charge in [0.2, 0.25) is 5.75 Å². The van der Waals surface area contributed by atoms with Gasteiger partial charge in [-0.25, -0.2) is 4.79 Å². The predicted octanol–water partition coefficient (Wildman–Crippen LogP) is 2.11. The van der Waals surface area contributed by atoms with E-state index < -0.39 is 0 Å². The van der Waals surface area contributed by atoms with Gasteiger partial charge in [-0.3, -0.25) is 4.90 Å². The van der Waals surface area contributed by atoms with Crippen molar-refractivity contribution < 1.29 is 23.7 Å². The lowest BCUT2D eigenvalue weighted by molar-refractivity contribution is 0.0236. The molecule has 23 heavy (non-hydrogen) atoms. The molecule has 2 heterocycles. The van der Waals surface area contributed by atoms with Crippen LogP contribution in [0.5, 0.6) is 17.2 Å². The molecule has 1 aromatic carbocycles. The first kappa shape index (κ1) is 15.9. The van der Waals surface area contributed by atoms with E-state index >= 15 is 0 Å². The molecule has 3 rings (SSSR count). The van der Waals surface area contributed by atoms with E-state index in [2.05, 4.69) is 4.90 Å². The zero-order chi connectivity index (χ0) is 16.4. The average molecular weight is 321 g/mol. The minimum atomic E-state index is -0.344. The van der Waals surface area contributed by atoms with E-state index in [4.69, 9.17) is 18.9 Å². The molecule has 0 saturated carbocycles. The van der Waals surface area contributed by atoms with Crippen LogP contribution >= 0.6 is 0 Å². The van der Waals surface area contributed by atoms with Crippen LogP contribution in [0.2, 0.25) is 0 Å². The Hall–Kier alpha value is -1.95. The van der Waals surface area contributed by atoms with Crippen LogP contribution < -0.4 is 14.2 Å². The Morgan fingerprint density at radius 1 is 1.04 bits per heavy atom. The third-order valence-corrected chi connectivity index (χ3v) is 4.70. The summed E-state index contributed by atoms with van der Waals surface area (Å²) in [5.41, 5.74) is 0.413. The van der Waals surface area contributed by atoms with Gasteiger partial charge in [0.05, 0.1) is 26.9 Å². The summed E-state index contributed by atoms with van der Waals surface area (Å²) in [4.78, 5) is 14.9. The van der Waals surface area contributed by atoms with Crippen LogP contribution in [-0.2, 0) is 4.74 Å². The normalized spacial score (nSPS) is 23.4. The molecule has 0 spiro atoms. The standard InChI is InChI=1S/C17H23NO5/c1-20-14-9-11(10-15(21-2)16(14)22-3)17(19)23-13-6-8-18-7-4-5-12(13)18/h9-10,12-13H,4-8H2,1-3H3/t12-,13-/m1/s1. The number of fused-ring (bicyclic) bond motifs is 1. The molecule has 0 unspecified atom stereocenters. The van der Waals surface area contributed by atoms with E-state index in [1.807, 2.05) is 0 Å². The highest BCUT2D eigenvalue weighted by Gasteiger charge is 2.39. The topological polar surface area (TPSA) is 57.2 Å². The summed E-state index contributed by atoms with van der Waals surface area (Å²) in [7, 11) is 4.59.